The molecule has 0 aliphatic rings. The van der Waals surface area contributed by atoms with Gasteiger partial charge in [-0.2, -0.15) is 0 Å². The summed E-state index contributed by atoms with van der Waals surface area (Å²) in [4.78, 5) is 34.1. The molecule has 0 aromatic heterocycles. The predicted octanol–water partition coefficient (Wildman–Crippen LogP) is 1.66. The Labute approximate surface area is 127 Å². The van der Waals surface area contributed by atoms with Crippen LogP contribution in [0.3, 0.4) is 0 Å². The van der Waals surface area contributed by atoms with Gasteiger partial charge in [0.1, 0.15) is 0 Å². The van der Waals surface area contributed by atoms with Gasteiger partial charge < -0.3 is 10.1 Å². The lowest BCUT2D eigenvalue weighted by molar-refractivity contribution is -0.147. The van der Waals surface area contributed by atoms with Crippen molar-refractivity contribution < 1.29 is 19.1 Å². The normalized spacial score (nSPS) is 9.81. The van der Waals surface area contributed by atoms with Crippen LogP contribution in [0.5, 0.6) is 0 Å². The van der Waals surface area contributed by atoms with Crippen molar-refractivity contribution >= 4 is 29.5 Å². The van der Waals surface area contributed by atoms with E-state index >= 15 is 0 Å². The minimum absolute atomic E-state index is 0.0328. The summed E-state index contributed by atoms with van der Waals surface area (Å²) in [7, 11) is 0. The second-order valence-corrected chi connectivity index (χ2v) is 4.64. The number of carbonyl (C=O) groups excluding carboxylic acids is 3. The molecule has 0 saturated carbocycles. The number of hydrogen-bond acceptors (Lipinski definition) is 4. The van der Waals surface area contributed by atoms with Crippen LogP contribution in [0.25, 0.3) is 0 Å². The van der Waals surface area contributed by atoms with Gasteiger partial charge in [-0.05, 0) is 18.1 Å². The average Bonchev–Trinajstić information content (AvgIpc) is 2.45. The topological polar surface area (TPSA) is 84.5 Å². The Morgan fingerprint density at radius 2 is 1.95 bits per heavy atom. The molecule has 6 nitrogen and oxygen atoms in total. The van der Waals surface area contributed by atoms with E-state index in [0.29, 0.717) is 17.1 Å². The quantitative estimate of drug-likeness (QED) is 0.782. The lowest BCUT2D eigenvalue weighted by Gasteiger charge is -2.07. The van der Waals surface area contributed by atoms with Gasteiger partial charge in [-0.3, -0.25) is 14.9 Å². The molecule has 7 heteroatoms. The molecule has 0 fully saturated rings. The molecule has 1 rings (SSSR count). The number of amides is 3. The first-order valence-electron chi connectivity index (χ1n) is 6.49. The van der Waals surface area contributed by atoms with Crippen LogP contribution in [-0.2, 0) is 20.7 Å². The van der Waals surface area contributed by atoms with Gasteiger partial charge in [0.2, 0.25) is 0 Å². The van der Waals surface area contributed by atoms with Crippen molar-refractivity contribution in [2.75, 3.05) is 13.2 Å². The number of esters is 1. The van der Waals surface area contributed by atoms with Gasteiger partial charge in [0.25, 0.3) is 5.91 Å². The Kier molecular flexibility index (Phi) is 7.25. The Bertz CT molecular complexity index is 519. The Morgan fingerprint density at radius 3 is 2.62 bits per heavy atom. The summed E-state index contributed by atoms with van der Waals surface area (Å²) in [6, 6.07) is 6.25. The summed E-state index contributed by atoms with van der Waals surface area (Å²) in [5.74, 6) is -1.27. The zero-order valence-electron chi connectivity index (χ0n) is 11.6. The van der Waals surface area contributed by atoms with E-state index in [2.05, 4.69) is 10.6 Å². The average molecular weight is 313 g/mol. The highest BCUT2D eigenvalue weighted by molar-refractivity contribution is 6.31. The molecule has 2 N–H and O–H groups in total. The number of imide groups is 1. The number of rotatable bonds is 6. The molecule has 114 valence electrons. The minimum atomic E-state index is -0.684. The van der Waals surface area contributed by atoms with Crippen molar-refractivity contribution in [1.29, 1.82) is 0 Å². The molecular formula is C14H17ClN2O4. The minimum Gasteiger partial charge on any atom is -0.455 e. The van der Waals surface area contributed by atoms with Crippen LogP contribution in [-0.4, -0.2) is 31.1 Å². The second-order valence-electron chi connectivity index (χ2n) is 4.23. The molecule has 0 atom stereocenters. The van der Waals surface area contributed by atoms with Crippen LogP contribution in [0.15, 0.2) is 24.3 Å². The van der Waals surface area contributed by atoms with Gasteiger partial charge in [-0.15, -0.1) is 0 Å². The summed E-state index contributed by atoms with van der Waals surface area (Å²) in [6.45, 7) is 1.84. The van der Waals surface area contributed by atoms with Crippen LogP contribution in [0.1, 0.15) is 18.9 Å². The molecule has 0 heterocycles. The summed E-state index contributed by atoms with van der Waals surface area (Å²) in [6.07, 6.45) is 0.726. The highest BCUT2D eigenvalue weighted by Crippen LogP contribution is 2.15. The molecule has 0 saturated heterocycles. The van der Waals surface area contributed by atoms with Crippen molar-refractivity contribution in [3.05, 3.63) is 34.9 Å². The zero-order valence-corrected chi connectivity index (χ0v) is 12.4. The third kappa shape index (κ3) is 6.76. The van der Waals surface area contributed by atoms with E-state index in [1.165, 1.54) is 0 Å². The number of urea groups is 1. The number of hydrogen-bond donors (Lipinski definition) is 2. The molecule has 0 aliphatic heterocycles. The van der Waals surface area contributed by atoms with Crippen molar-refractivity contribution in [2.45, 2.75) is 19.8 Å². The van der Waals surface area contributed by atoms with E-state index in [-0.39, 0.29) is 6.42 Å². The van der Waals surface area contributed by atoms with Gasteiger partial charge in [-0.25, -0.2) is 4.79 Å². The summed E-state index contributed by atoms with van der Waals surface area (Å²) >= 11 is 5.91. The van der Waals surface area contributed by atoms with Crippen LogP contribution < -0.4 is 10.6 Å². The molecule has 1 aromatic rings. The van der Waals surface area contributed by atoms with E-state index in [1.54, 1.807) is 24.3 Å². The van der Waals surface area contributed by atoms with E-state index in [4.69, 9.17) is 16.3 Å². The standard InChI is InChI=1S/C14H17ClN2O4/c1-2-7-16-14(20)17-12(18)9-21-13(19)8-10-5-3-4-6-11(10)15/h3-6H,2,7-9H2,1H3,(H2,16,17,18,20). The lowest BCUT2D eigenvalue weighted by atomic mass is 10.1. The van der Waals surface area contributed by atoms with Gasteiger partial charge in [0.05, 0.1) is 6.42 Å². The molecule has 0 spiro atoms. The molecule has 21 heavy (non-hydrogen) atoms. The first-order chi connectivity index (χ1) is 10.0. The van der Waals surface area contributed by atoms with Gasteiger partial charge in [0.15, 0.2) is 6.61 Å². The van der Waals surface area contributed by atoms with E-state index in [1.807, 2.05) is 6.92 Å². The van der Waals surface area contributed by atoms with E-state index < -0.39 is 24.5 Å². The fourth-order valence-electron chi connectivity index (χ4n) is 1.44. The maximum Gasteiger partial charge on any atom is 0.321 e. The number of carbonyl (C=O) groups is 3. The van der Waals surface area contributed by atoms with Crippen LogP contribution in [0.4, 0.5) is 4.79 Å². The third-order valence-electron chi connectivity index (χ3n) is 2.45. The third-order valence-corrected chi connectivity index (χ3v) is 2.81. The lowest BCUT2D eigenvalue weighted by Crippen LogP contribution is -2.41. The summed E-state index contributed by atoms with van der Waals surface area (Å²) in [5, 5.41) is 4.98. The van der Waals surface area contributed by atoms with E-state index in [0.717, 1.165) is 6.42 Å². The fraction of sp³-hybridized carbons (Fsp3) is 0.357. The number of halogens is 1. The smallest absolute Gasteiger partial charge is 0.321 e. The van der Waals surface area contributed by atoms with E-state index in [9.17, 15) is 14.4 Å². The molecule has 0 radical (unpaired) electrons. The first kappa shape index (κ1) is 17.0. The van der Waals surface area contributed by atoms with Crippen molar-refractivity contribution in [2.24, 2.45) is 0 Å². The molecule has 1 aromatic carbocycles. The largest absolute Gasteiger partial charge is 0.455 e. The molecule has 3 amide bonds. The number of nitrogens with one attached hydrogen (secondary N) is 2. The predicted molar refractivity (Wildman–Crippen MR) is 77.9 cm³/mol. The number of benzene rings is 1. The Hall–Kier alpha value is -2.08. The SMILES string of the molecule is CCCNC(=O)NC(=O)COC(=O)Cc1ccccc1Cl. The van der Waals surface area contributed by atoms with Crippen LogP contribution in [0, 0.1) is 0 Å². The van der Waals surface area contributed by atoms with Gasteiger partial charge in [-0.1, -0.05) is 36.7 Å². The number of ether oxygens (including phenoxy) is 1. The van der Waals surface area contributed by atoms with Crippen LogP contribution in [0.2, 0.25) is 5.02 Å². The van der Waals surface area contributed by atoms with Gasteiger partial charge >= 0.3 is 12.0 Å². The Morgan fingerprint density at radius 1 is 1.24 bits per heavy atom. The fourth-order valence-corrected chi connectivity index (χ4v) is 1.64. The first-order valence-corrected chi connectivity index (χ1v) is 6.87. The highest BCUT2D eigenvalue weighted by atomic mass is 35.5. The molecular weight excluding hydrogens is 296 g/mol. The second kappa shape index (κ2) is 8.97. The Balaban J connectivity index is 2.31. The van der Waals surface area contributed by atoms with Gasteiger partial charge in [0, 0.05) is 11.6 Å². The summed E-state index contributed by atoms with van der Waals surface area (Å²) < 4.78 is 4.78. The van der Waals surface area contributed by atoms with Crippen molar-refractivity contribution in [3.63, 3.8) is 0 Å². The van der Waals surface area contributed by atoms with Crippen LogP contribution >= 0.6 is 11.6 Å². The summed E-state index contributed by atoms with van der Waals surface area (Å²) in [5.41, 5.74) is 0.616. The molecule has 0 unspecified atom stereocenters. The molecule has 0 aliphatic carbocycles. The highest BCUT2D eigenvalue weighted by Gasteiger charge is 2.12. The van der Waals surface area contributed by atoms with Crippen molar-refractivity contribution in [1.82, 2.24) is 10.6 Å². The van der Waals surface area contributed by atoms with Crippen molar-refractivity contribution in [3.8, 4) is 0 Å². The maximum absolute atomic E-state index is 11.6. The zero-order chi connectivity index (χ0) is 15.7. The molecule has 0 bridgehead atoms. The maximum atomic E-state index is 11.6. The monoisotopic (exact) mass is 312 g/mol.